The van der Waals surface area contributed by atoms with Crippen LogP contribution in [-0.4, -0.2) is 34.9 Å². The van der Waals surface area contributed by atoms with Gasteiger partial charge in [0.25, 0.3) is 11.8 Å². The number of nitrogens with one attached hydrogen (secondary N) is 1. The van der Waals surface area contributed by atoms with Crippen LogP contribution in [0.4, 0.5) is 10.2 Å². The lowest BCUT2D eigenvalue weighted by Gasteiger charge is -2.11. The van der Waals surface area contributed by atoms with E-state index >= 15 is 0 Å². The second kappa shape index (κ2) is 9.32. The van der Waals surface area contributed by atoms with Crippen molar-refractivity contribution in [3.05, 3.63) is 65.2 Å². The molecule has 33 heavy (non-hydrogen) atoms. The fourth-order valence-electron chi connectivity index (χ4n) is 4.19. The van der Waals surface area contributed by atoms with E-state index in [2.05, 4.69) is 10.4 Å². The van der Waals surface area contributed by atoms with E-state index in [1.807, 2.05) is 12.1 Å². The van der Waals surface area contributed by atoms with Crippen LogP contribution in [0.15, 0.2) is 48.5 Å². The Bertz CT molecular complexity index is 1180. The first kappa shape index (κ1) is 22.3. The third kappa shape index (κ3) is 4.52. The zero-order valence-electron chi connectivity index (χ0n) is 18.3. The number of methoxy groups -OCH3 is 1. The minimum Gasteiger partial charge on any atom is -0.496 e. The van der Waals surface area contributed by atoms with Gasteiger partial charge in [0.05, 0.1) is 18.7 Å². The number of carbonyl (C=O) groups is 2. The number of nitrogens with two attached hydrogens (primary N) is 2. The third-order valence-corrected chi connectivity index (χ3v) is 5.91. The van der Waals surface area contributed by atoms with Crippen LogP contribution in [0.3, 0.4) is 0 Å². The summed E-state index contributed by atoms with van der Waals surface area (Å²) in [6.07, 6.45) is 0.467. The number of amides is 2. The lowest BCUT2D eigenvalue weighted by atomic mass is 10.0. The van der Waals surface area contributed by atoms with Gasteiger partial charge in [-0.25, -0.2) is 9.07 Å². The molecule has 172 valence electrons. The molecule has 2 amide bonds. The summed E-state index contributed by atoms with van der Waals surface area (Å²) in [6.45, 7) is 0.302. The summed E-state index contributed by atoms with van der Waals surface area (Å²) >= 11 is 0. The lowest BCUT2D eigenvalue weighted by molar-refractivity contribution is 0.0946. The first-order chi connectivity index (χ1) is 15.9. The molecule has 5 N–H and O–H groups in total. The largest absolute Gasteiger partial charge is 0.496 e. The fraction of sp³-hybridized carbons (Fsp3) is 0.292. The molecule has 1 saturated carbocycles. The van der Waals surface area contributed by atoms with Gasteiger partial charge in [-0.05, 0) is 30.5 Å². The number of alkyl halides is 1. The highest BCUT2D eigenvalue weighted by molar-refractivity contribution is 6.03. The number of nitrogen functional groups attached to an aromatic ring is 1. The molecule has 1 fully saturated rings. The number of benzene rings is 2. The van der Waals surface area contributed by atoms with Crippen LogP contribution in [-0.2, 0) is 6.54 Å². The van der Waals surface area contributed by atoms with Gasteiger partial charge in [0.15, 0.2) is 0 Å². The highest BCUT2D eigenvalue weighted by atomic mass is 19.1. The molecule has 0 aliphatic heterocycles. The van der Waals surface area contributed by atoms with Gasteiger partial charge in [0.1, 0.15) is 29.0 Å². The number of hydrogen-bond acceptors (Lipinski definition) is 5. The quantitative estimate of drug-likeness (QED) is 0.509. The Labute approximate surface area is 190 Å². The van der Waals surface area contributed by atoms with Crippen LogP contribution in [0.1, 0.15) is 51.6 Å². The summed E-state index contributed by atoms with van der Waals surface area (Å²) < 4.78 is 20.4. The van der Waals surface area contributed by atoms with Gasteiger partial charge >= 0.3 is 0 Å². The summed E-state index contributed by atoms with van der Waals surface area (Å²) in [5.74, 6) is -0.276. The predicted octanol–water partition coefficient (Wildman–Crippen LogP) is 3.23. The monoisotopic (exact) mass is 451 g/mol. The highest BCUT2D eigenvalue weighted by Gasteiger charge is 2.31. The smallest absolute Gasteiger partial charge is 0.255 e. The first-order valence-electron chi connectivity index (χ1n) is 10.7. The molecule has 3 aromatic rings. The number of ether oxygens (including phenoxy) is 1. The van der Waals surface area contributed by atoms with E-state index in [0.29, 0.717) is 48.4 Å². The van der Waals surface area contributed by atoms with Gasteiger partial charge < -0.3 is 21.5 Å². The molecule has 0 spiro atoms. The van der Waals surface area contributed by atoms with E-state index in [-0.39, 0.29) is 23.3 Å². The lowest BCUT2D eigenvalue weighted by Crippen LogP contribution is -2.23. The molecule has 2 atom stereocenters. The van der Waals surface area contributed by atoms with Crippen LogP contribution in [0, 0.1) is 0 Å². The molecule has 0 bridgehead atoms. The molecular weight excluding hydrogens is 425 g/mol. The average Bonchev–Trinajstić information content (AvgIpc) is 3.40. The van der Waals surface area contributed by atoms with E-state index < -0.39 is 12.1 Å². The van der Waals surface area contributed by atoms with Crippen molar-refractivity contribution in [3.8, 4) is 17.0 Å². The molecule has 8 nitrogen and oxygen atoms in total. The van der Waals surface area contributed by atoms with E-state index in [0.717, 1.165) is 5.56 Å². The number of nitrogens with zero attached hydrogens (tertiary/aromatic N) is 2. The predicted molar refractivity (Wildman–Crippen MR) is 123 cm³/mol. The van der Waals surface area contributed by atoms with Crippen LogP contribution >= 0.6 is 0 Å². The molecule has 1 aromatic heterocycles. The molecule has 0 radical (unpaired) electrons. The number of anilines is 1. The number of carbonyl (C=O) groups excluding carboxylic acids is 2. The maximum atomic E-state index is 13.7. The number of hydrogen-bond donors (Lipinski definition) is 3. The topological polar surface area (TPSA) is 125 Å². The van der Waals surface area contributed by atoms with E-state index in [9.17, 15) is 14.0 Å². The zero-order valence-corrected chi connectivity index (χ0v) is 18.3. The molecule has 0 saturated heterocycles. The molecular formula is C24H26FN5O3. The summed E-state index contributed by atoms with van der Waals surface area (Å²) in [6, 6.07) is 14.0. The fourth-order valence-corrected chi connectivity index (χ4v) is 4.19. The Morgan fingerprint density at radius 1 is 1.18 bits per heavy atom. The van der Waals surface area contributed by atoms with Crippen molar-refractivity contribution in [2.75, 3.05) is 12.8 Å². The minimum atomic E-state index is -0.899. The van der Waals surface area contributed by atoms with Gasteiger partial charge in [0, 0.05) is 18.5 Å². The Hall–Kier alpha value is -3.88. The molecule has 1 aliphatic carbocycles. The van der Waals surface area contributed by atoms with Gasteiger partial charge in [-0.2, -0.15) is 5.10 Å². The second-order valence-corrected chi connectivity index (χ2v) is 8.06. The molecule has 2 aromatic carbocycles. The van der Waals surface area contributed by atoms with E-state index in [4.69, 9.17) is 16.2 Å². The van der Waals surface area contributed by atoms with Crippen molar-refractivity contribution in [1.82, 2.24) is 15.1 Å². The van der Waals surface area contributed by atoms with Crippen LogP contribution in [0.25, 0.3) is 11.3 Å². The summed E-state index contributed by atoms with van der Waals surface area (Å²) in [4.78, 5) is 24.6. The molecule has 1 aliphatic rings. The maximum absolute atomic E-state index is 13.7. The summed E-state index contributed by atoms with van der Waals surface area (Å²) in [5.41, 5.74) is 14.2. The molecule has 1 heterocycles. The van der Waals surface area contributed by atoms with Crippen molar-refractivity contribution >= 4 is 17.6 Å². The second-order valence-electron chi connectivity index (χ2n) is 8.06. The molecule has 4 rings (SSSR count). The van der Waals surface area contributed by atoms with Gasteiger partial charge in [0.2, 0.25) is 0 Å². The Kier molecular flexibility index (Phi) is 6.30. The number of aromatic nitrogens is 2. The number of halogens is 1. The Morgan fingerprint density at radius 2 is 1.91 bits per heavy atom. The number of primary amides is 1. The SMILES string of the molecule is COc1ccccc1C(=O)NCc1ccc(-c2nn([C@H]3CC[C@H](F)C3)c(N)c2C(N)=O)cc1. The normalized spacial score (nSPS) is 17.6. The van der Waals surface area contributed by atoms with Crippen molar-refractivity contribution in [2.45, 2.75) is 38.0 Å². The minimum absolute atomic E-state index is 0.134. The van der Waals surface area contributed by atoms with Crippen molar-refractivity contribution in [2.24, 2.45) is 5.73 Å². The van der Waals surface area contributed by atoms with Gasteiger partial charge in [-0.1, -0.05) is 36.4 Å². The Morgan fingerprint density at radius 3 is 2.55 bits per heavy atom. The summed E-state index contributed by atoms with van der Waals surface area (Å²) in [7, 11) is 1.52. The number of para-hydroxylation sites is 1. The van der Waals surface area contributed by atoms with Crippen molar-refractivity contribution in [1.29, 1.82) is 0 Å². The highest BCUT2D eigenvalue weighted by Crippen LogP contribution is 2.36. The van der Waals surface area contributed by atoms with Crippen LogP contribution < -0.4 is 21.5 Å². The average molecular weight is 452 g/mol. The maximum Gasteiger partial charge on any atom is 0.255 e. The standard InChI is InChI=1S/C24H26FN5O3/c1-33-19-5-3-2-4-18(19)24(32)28-13-14-6-8-15(9-7-14)21-20(23(27)31)22(26)30(29-21)17-11-10-16(25)12-17/h2-9,16-17H,10-13,26H2,1H3,(H2,27,31)(H,28,32)/t16-,17-/m0/s1. The number of rotatable bonds is 7. The first-order valence-corrected chi connectivity index (χ1v) is 10.7. The van der Waals surface area contributed by atoms with Crippen LogP contribution in [0.5, 0.6) is 5.75 Å². The van der Waals surface area contributed by atoms with Crippen molar-refractivity contribution in [3.63, 3.8) is 0 Å². The third-order valence-electron chi connectivity index (χ3n) is 5.91. The Balaban J connectivity index is 1.52. The van der Waals surface area contributed by atoms with Gasteiger partial charge in [-0.3, -0.25) is 9.59 Å². The van der Waals surface area contributed by atoms with Crippen LogP contribution in [0.2, 0.25) is 0 Å². The van der Waals surface area contributed by atoms with E-state index in [1.165, 1.54) is 11.8 Å². The zero-order chi connectivity index (χ0) is 23.5. The summed E-state index contributed by atoms with van der Waals surface area (Å²) in [5, 5.41) is 7.39. The molecule has 9 heteroatoms. The van der Waals surface area contributed by atoms with Crippen molar-refractivity contribution < 1.29 is 18.7 Å². The molecule has 0 unspecified atom stereocenters. The van der Waals surface area contributed by atoms with E-state index in [1.54, 1.807) is 36.4 Å². The van der Waals surface area contributed by atoms with Gasteiger partial charge in [-0.15, -0.1) is 0 Å².